The molecule has 0 aliphatic rings. The van der Waals surface area contributed by atoms with E-state index in [1.54, 1.807) is 0 Å². The van der Waals surface area contributed by atoms with E-state index in [2.05, 4.69) is 10.4 Å². The number of halogens is 2. The van der Waals surface area contributed by atoms with Gasteiger partial charge in [0.05, 0.1) is 11.2 Å². The Bertz CT molecular complexity index is 731. The molecule has 2 N–H and O–H groups in total. The quantitative estimate of drug-likeness (QED) is 0.495. The molecule has 0 atom stereocenters. The summed E-state index contributed by atoms with van der Waals surface area (Å²) >= 11 is 5.81. The Labute approximate surface area is 143 Å². The molecule has 0 unspecified atom stereocenters. The maximum atomic E-state index is 13.5. The molecule has 2 aromatic rings. The van der Waals surface area contributed by atoms with E-state index >= 15 is 0 Å². The largest absolute Gasteiger partial charge is 0.347 e. The Kier molecular flexibility index (Phi) is 6.45. The van der Waals surface area contributed by atoms with E-state index in [0.717, 1.165) is 11.8 Å². The van der Waals surface area contributed by atoms with Gasteiger partial charge in [0.1, 0.15) is 5.82 Å². The zero-order chi connectivity index (χ0) is 17.4. The average Bonchev–Trinajstić information content (AvgIpc) is 2.58. The standard InChI is InChI=1S/C17H15ClFN3O2/c18-14-7-4-8-15(19)13(14)11-21-22-17(24)16(23)20-10-9-12-5-2-1-3-6-12/h1-8,11H,9-10H2,(H,20,23)(H,22,24)/b21-11+. The topological polar surface area (TPSA) is 70.6 Å². The minimum absolute atomic E-state index is 0.0314. The highest BCUT2D eigenvalue weighted by Gasteiger charge is 2.12. The van der Waals surface area contributed by atoms with Crippen molar-refractivity contribution in [2.24, 2.45) is 5.10 Å². The molecule has 0 spiro atoms. The summed E-state index contributed by atoms with van der Waals surface area (Å²) in [7, 11) is 0. The van der Waals surface area contributed by atoms with Gasteiger partial charge in [-0.2, -0.15) is 5.10 Å². The Balaban J connectivity index is 1.79. The average molecular weight is 348 g/mol. The molecule has 0 saturated heterocycles. The van der Waals surface area contributed by atoms with Crippen molar-refractivity contribution in [3.8, 4) is 0 Å². The number of carbonyl (C=O) groups excluding carboxylic acids is 2. The second-order valence-electron chi connectivity index (χ2n) is 4.83. The Morgan fingerprint density at radius 1 is 1.08 bits per heavy atom. The van der Waals surface area contributed by atoms with E-state index < -0.39 is 17.6 Å². The molecular formula is C17H15ClFN3O2. The molecule has 0 aliphatic heterocycles. The van der Waals surface area contributed by atoms with Gasteiger partial charge in [0, 0.05) is 12.1 Å². The van der Waals surface area contributed by atoms with Gasteiger partial charge in [0.2, 0.25) is 0 Å². The molecule has 2 rings (SSSR count). The van der Waals surface area contributed by atoms with Crippen LogP contribution in [0.2, 0.25) is 5.02 Å². The summed E-state index contributed by atoms with van der Waals surface area (Å²) in [5, 5.41) is 6.17. The van der Waals surface area contributed by atoms with Crippen LogP contribution in [-0.2, 0) is 16.0 Å². The fraction of sp³-hybridized carbons (Fsp3) is 0.118. The van der Waals surface area contributed by atoms with Crippen LogP contribution in [0.1, 0.15) is 11.1 Å². The van der Waals surface area contributed by atoms with E-state index in [0.29, 0.717) is 13.0 Å². The second-order valence-corrected chi connectivity index (χ2v) is 5.23. The molecule has 24 heavy (non-hydrogen) atoms. The maximum absolute atomic E-state index is 13.5. The summed E-state index contributed by atoms with van der Waals surface area (Å²) in [6.45, 7) is 0.319. The van der Waals surface area contributed by atoms with E-state index in [4.69, 9.17) is 11.6 Å². The Morgan fingerprint density at radius 3 is 2.54 bits per heavy atom. The van der Waals surface area contributed by atoms with E-state index in [1.807, 2.05) is 35.8 Å². The second kappa shape index (κ2) is 8.79. The fourth-order valence-electron chi connectivity index (χ4n) is 1.89. The molecular weight excluding hydrogens is 333 g/mol. The molecule has 2 amide bonds. The van der Waals surface area contributed by atoms with Crippen LogP contribution >= 0.6 is 11.6 Å². The monoisotopic (exact) mass is 347 g/mol. The Morgan fingerprint density at radius 2 is 1.83 bits per heavy atom. The Hall–Kier alpha value is -2.73. The number of rotatable bonds is 5. The zero-order valence-electron chi connectivity index (χ0n) is 12.6. The summed E-state index contributed by atoms with van der Waals surface area (Å²) < 4.78 is 13.5. The van der Waals surface area contributed by atoms with Crippen LogP contribution in [0.15, 0.2) is 53.6 Å². The number of nitrogens with one attached hydrogen (secondary N) is 2. The van der Waals surface area contributed by atoms with E-state index in [1.165, 1.54) is 18.2 Å². The predicted molar refractivity (Wildman–Crippen MR) is 90.3 cm³/mol. The third-order valence-corrected chi connectivity index (χ3v) is 3.44. The molecule has 0 fully saturated rings. The minimum Gasteiger partial charge on any atom is -0.347 e. The van der Waals surface area contributed by atoms with Crippen molar-refractivity contribution in [3.05, 3.63) is 70.5 Å². The van der Waals surface area contributed by atoms with Gasteiger partial charge in [-0.25, -0.2) is 9.82 Å². The summed E-state index contributed by atoms with van der Waals surface area (Å²) in [5.41, 5.74) is 3.11. The smallest absolute Gasteiger partial charge is 0.329 e. The van der Waals surface area contributed by atoms with Crippen molar-refractivity contribution in [2.75, 3.05) is 6.54 Å². The number of amides is 2. The van der Waals surface area contributed by atoms with Crippen LogP contribution in [0.3, 0.4) is 0 Å². The van der Waals surface area contributed by atoms with Gasteiger partial charge in [-0.15, -0.1) is 0 Å². The molecule has 0 bridgehead atoms. The zero-order valence-corrected chi connectivity index (χ0v) is 13.4. The lowest BCUT2D eigenvalue weighted by atomic mass is 10.1. The highest BCUT2D eigenvalue weighted by Crippen LogP contribution is 2.16. The van der Waals surface area contributed by atoms with Gasteiger partial charge in [0.15, 0.2) is 0 Å². The third kappa shape index (κ3) is 5.17. The van der Waals surface area contributed by atoms with Crippen molar-refractivity contribution in [1.82, 2.24) is 10.7 Å². The first-order valence-corrected chi connectivity index (χ1v) is 7.55. The van der Waals surface area contributed by atoms with Gasteiger partial charge in [-0.05, 0) is 24.1 Å². The number of nitrogens with zero attached hydrogens (tertiary/aromatic N) is 1. The van der Waals surface area contributed by atoms with Crippen LogP contribution in [0.5, 0.6) is 0 Å². The summed E-state index contributed by atoms with van der Waals surface area (Å²) in [5.74, 6) is -2.33. The summed E-state index contributed by atoms with van der Waals surface area (Å²) in [4.78, 5) is 23.2. The third-order valence-electron chi connectivity index (χ3n) is 3.11. The fourth-order valence-corrected chi connectivity index (χ4v) is 2.10. The van der Waals surface area contributed by atoms with Gasteiger partial charge in [-0.3, -0.25) is 9.59 Å². The predicted octanol–water partition coefficient (Wildman–Crippen LogP) is 2.29. The lowest BCUT2D eigenvalue weighted by molar-refractivity contribution is -0.139. The van der Waals surface area contributed by atoms with Gasteiger partial charge < -0.3 is 5.32 Å². The number of hydrogen-bond donors (Lipinski definition) is 2. The number of hydrogen-bond acceptors (Lipinski definition) is 3. The molecule has 5 nitrogen and oxygen atoms in total. The molecule has 0 saturated carbocycles. The van der Waals surface area contributed by atoms with Crippen LogP contribution < -0.4 is 10.7 Å². The van der Waals surface area contributed by atoms with Gasteiger partial charge >= 0.3 is 11.8 Å². The molecule has 0 aromatic heterocycles. The van der Waals surface area contributed by atoms with Crippen molar-refractivity contribution >= 4 is 29.6 Å². The first-order valence-electron chi connectivity index (χ1n) is 7.17. The first kappa shape index (κ1) is 17.6. The van der Waals surface area contributed by atoms with Crippen LogP contribution in [0.25, 0.3) is 0 Å². The van der Waals surface area contributed by atoms with E-state index in [9.17, 15) is 14.0 Å². The maximum Gasteiger partial charge on any atom is 0.329 e. The highest BCUT2D eigenvalue weighted by atomic mass is 35.5. The summed E-state index contributed by atoms with van der Waals surface area (Å²) in [6, 6.07) is 13.7. The molecule has 0 aliphatic carbocycles. The summed E-state index contributed by atoms with van der Waals surface area (Å²) in [6.07, 6.45) is 1.65. The lowest BCUT2D eigenvalue weighted by Crippen LogP contribution is -2.38. The highest BCUT2D eigenvalue weighted by molar-refractivity contribution is 6.35. The number of hydrazone groups is 1. The van der Waals surface area contributed by atoms with Crippen molar-refractivity contribution in [2.45, 2.75) is 6.42 Å². The van der Waals surface area contributed by atoms with Crippen LogP contribution in [-0.4, -0.2) is 24.6 Å². The molecule has 7 heteroatoms. The van der Waals surface area contributed by atoms with Gasteiger partial charge in [-0.1, -0.05) is 48.0 Å². The molecule has 124 valence electrons. The van der Waals surface area contributed by atoms with E-state index in [-0.39, 0.29) is 10.6 Å². The van der Waals surface area contributed by atoms with Crippen molar-refractivity contribution in [1.29, 1.82) is 0 Å². The van der Waals surface area contributed by atoms with Crippen LogP contribution in [0.4, 0.5) is 4.39 Å². The number of carbonyl (C=O) groups is 2. The molecule has 0 radical (unpaired) electrons. The first-order chi connectivity index (χ1) is 11.6. The SMILES string of the molecule is O=C(NCCc1ccccc1)C(=O)N/N=C/c1c(F)cccc1Cl. The minimum atomic E-state index is -0.938. The molecule has 2 aromatic carbocycles. The van der Waals surface area contributed by atoms with Crippen LogP contribution in [0, 0.1) is 5.82 Å². The van der Waals surface area contributed by atoms with Gasteiger partial charge in [0.25, 0.3) is 0 Å². The van der Waals surface area contributed by atoms with Crippen molar-refractivity contribution < 1.29 is 14.0 Å². The molecule has 0 heterocycles. The number of benzene rings is 2. The normalized spacial score (nSPS) is 10.6. The lowest BCUT2D eigenvalue weighted by Gasteiger charge is -2.04. The van der Waals surface area contributed by atoms with Crippen molar-refractivity contribution in [3.63, 3.8) is 0 Å².